The molecule has 2 rings (SSSR count). The van der Waals surface area contributed by atoms with Crippen LogP contribution in [0.15, 0.2) is 0 Å². The van der Waals surface area contributed by atoms with Gasteiger partial charge >= 0.3 is 0 Å². The molecular formula is C14H26BrNO. The van der Waals surface area contributed by atoms with Gasteiger partial charge in [0.05, 0.1) is 6.10 Å². The molecule has 2 heterocycles. The maximum atomic E-state index is 5.68. The molecule has 2 nitrogen and oxygen atoms in total. The van der Waals surface area contributed by atoms with Crippen molar-refractivity contribution >= 4 is 15.9 Å². The number of hydrogen-bond donors (Lipinski definition) is 0. The molecule has 0 spiro atoms. The van der Waals surface area contributed by atoms with Gasteiger partial charge in [-0.25, -0.2) is 0 Å². The van der Waals surface area contributed by atoms with Gasteiger partial charge in [-0.15, -0.1) is 0 Å². The Bertz CT molecular complexity index is 206. The first-order valence-corrected chi connectivity index (χ1v) is 8.44. The molecule has 0 saturated carbocycles. The standard InChI is InChI=1S/C14H26BrNO/c15-9-1-5-13-6-2-10-16(13)11-3-7-14-8-4-12-17-14/h13-14H,1-12H2. The van der Waals surface area contributed by atoms with Gasteiger partial charge in [0.2, 0.25) is 0 Å². The molecule has 0 aliphatic carbocycles. The maximum absolute atomic E-state index is 5.68. The van der Waals surface area contributed by atoms with Crippen LogP contribution in [-0.2, 0) is 4.74 Å². The van der Waals surface area contributed by atoms with Crippen molar-refractivity contribution in [2.24, 2.45) is 0 Å². The molecule has 100 valence electrons. The summed E-state index contributed by atoms with van der Waals surface area (Å²) in [6.07, 6.45) is 11.3. The van der Waals surface area contributed by atoms with E-state index in [0.717, 1.165) is 18.0 Å². The van der Waals surface area contributed by atoms with E-state index in [4.69, 9.17) is 4.74 Å². The first-order valence-electron chi connectivity index (χ1n) is 7.32. The molecule has 0 bridgehead atoms. The van der Waals surface area contributed by atoms with Gasteiger partial charge in [-0.05, 0) is 64.5 Å². The number of nitrogens with zero attached hydrogens (tertiary/aromatic N) is 1. The van der Waals surface area contributed by atoms with Crippen molar-refractivity contribution < 1.29 is 4.74 Å². The molecule has 0 radical (unpaired) electrons. The highest BCUT2D eigenvalue weighted by molar-refractivity contribution is 9.09. The van der Waals surface area contributed by atoms with Gasteiger partial charge in [0.1, 0.15) is 0 Å². The van der Waals surface area contributed by atoms with Gasteiger partial charge in [-0.1, -0.05) is 15.9 Å². The van der Waals surface area contributed by atoms with E-state index in [9.17, 15) is 0 Å². The Morgan fingerprint density at radius 1 is 1.12 bits per heavy atom. The molecule has 0 N–H and O–H groups in total. The first kappa shape index (κ1) is 13.8. The van der Waals surface area contributed by atoms with E-state index in [1.165, 1.54) is 64.5 Å². The lowest BCUT2D eigenvalue weighted by molar-refractivity contribution is 0.0978. The fourth-order valence-electron chi connectivity index (χ4n) is 3.22. The van der Waals surface area contributed by atoms with E-state index in [0.29, 0.717) is 6.10 Å². The molecule has 2 fully saturated rings. The maximum Gasteiger partial charge on any atom is 0.0576 e. The lowest BCUT2D eigenvalue weighted by atomic mass is 10.1. The summed E-state index contributed by atoms with van der Waals surface area (Å²) in [7, 11) is 0. The lowest BCUT2D eigenvalue weighted by Crippen LogP contribution is -2.30. The van der Waals surface area contributed by atoms with Gasteiger partial charge in [0.25, 0.3) is 0 Å². The predicted molar refractivity (Wildman–Crippen MR) is 75.8 cm³/mol. The molecule has 0 aromatic rings. The van der Waals surface area contributed by atoms with Gasteiger partial charge in [0.15, 0.2) is 0 Å². The van der Waals surface area contributed by atoms with Crippen LogP contribution >= 0.6 is 15.9 Å². The van der Waals surface area contributed by atoms with Crippen LogP contribution in [0.5, 0.6) is 0 Å². The minimum absolute atomic E-state index is 0.582. The van der Waals surface area contributed by atoms with Crippen LogP contribution in [0.25, 0.3) is 0 Å². The number of rotatable bonds is 7. The fourth-order valence-corrected chi connectivity index (χ4v) is 3.55. The molecule has 2 aliphatic rings. The molecule has 2 unspecified atom stereocenters. The number of hydrogen-bond acceptors (Lipinski definition) is 2. The van der Waals surface area contributed by atoms with Crippen molar-refractivity contribution in [3.8, 4) is 0 Å². The molecule has 2 atom stereocenters. The van der Waals surface area contributed by atoms with Crippen LogP contribution in [0, 0.1) is 0 Å². The Hall–Kier alpha value is 0.400. The second-order valence-corrected chi connectivity index (χ2v) is 6.23. The number of halogens is 1. The van der Waals surface area contributed by atoms with E-state index in [-0.39, 0.29) is 0 Å². The van der Waals surface area contributed by atoms with Crippen LogP contribution in [0.4, 0.5) is 0 Å². The average molecular weight is 304 g/mol. The van der Waals surface area contributed by atoms with Gasteiger partial charge in [-0.3, -0.25) is 0 Å². The third-order valence-corrected chi connectivity index (χ3v) is 4.73. The topological polar surface area (TPSA) is 12.5 Å². The van der Waals surface area contributed by atoms with E-state index >= 15 is 0 Å². The second-order valence-electron chi connectivity index (χ2n) is 5.44. The van der Waals surface area contributed by atoms with E-state index < -0.39 is 0 Å². The molecule has 2 saturated heterocycles. The average Bonchev–Trinajstić information content (AvgIpc) is 2.98. The second kappa shape index (κ2) is 7.75. The van der Waals surface area contributed by atoms with Crippen molar-refractivity contribution in [1.29, 1.82) is 0 Å². The van der Waals surface area contributed by atoms with Crippen LogP contribution < -0.4 is 0 Å². The zero-order valence-electron chi connectivity index (χ0n) is 10.9. The Morgan fingerprint density at radius 2 is 2.06 bits per heavy atom. The molecule has 0 aromatic heterocycles. The molecule has 0 amide bonds. The van der Waals surface area contributed by atoms with Gasteiger partial charge < -0.3 is 9.64 Å². The summed E-state index contributed by atoms with van der Waals surface area (Å²) in [6.45, 7) is 3.63. The van der Waals surface area contributed by atoms with Crippen LogP contribution in [0.1, 0.15) is 51.4 Å². The summed E-state index contributed by atoms with van der Waals surface area (Å²) in [5.41, 5.74) is 0. The quantitative estimate of drug-likeness (QED) is 0.667. The van der Waals surface area contributed by atoms with Crippen molar-refractivity contribution in [3.63, 3.8) is 0 Å². The largest absolute Gasteiger partial charge is 0.378 e. The summed E-state index contributed by atoms with van der Waals surface area (Å²) in [5.74, 6) is 0. The zero-order chi connectivity index (χ0) is 11.9. The zero-order valence-corrected chi connectivity index (χ0v) is 12.5. The molecule has 17 heavy (non-hydrogen) atoms. The molecule has 0 aromatic carbocycles. The Kier molecular flexibility index (Phi) is 6.30. The first-order chi connectivity index (χ1) is 8.40. The van der Waals surface area contributed by atoms with Crippen LogP contribution in [-0.4, -0.2) is 42.1 Å². The highest BCUT2D eigenvalue weighted by Crippen LogP contribution is 2.23. The van der Waals surface area contributed by atoms with Crippen molar-refractivity contribution in [2.45, 2.75) is 63.5 Å². The van der Waals surface area contributed by atoms with E-state index in [2.05, 4.69) is 20.8 Å². The Morgan fingerprint density at radius 3 is 2.82 bits per heavy atom. The summed E-state index contributed by atoms with van der Waals surface area (Å²) < 4.78 is 5.68. The summed E-state index contributed by atoms with van der Waals surface area (Å²) in [4.78, 5) is 2.72. The van der Waals surface area contributed by atoms with Gasteiger partial charge in [-0.2, -0.15) is 0 Å². The SMILES string of the molecule is BrCCCC1CCCN1CCCC1CCCO1. The molecule has 2 aliphatic heterocycles. The molecular weight excluding hydrogens is 278 g/mol. The van der Waals surface area contributed by atoms with Crippen molar-refractivity contribution in [3.05, 3.63) is 0 Å². The van der Waals surface area contributed by atoms with Crippen LogP contribution in [0.2, 0.25) is 0 Å². The number of likely N-dealkylation sites (tertiary alicyclic amines) is 1. The Labute approximate surface area is 114 Å². The summed E-state index contributed by atoms with van der Waals surface area (Å²) >= 11 is 3.54. The van der Waals surface area contributed by atoms with E-state index in [1.54, 1.807) is 0 Å². The highest BCUT2D eigenvalue weighted by atomic mass is 79.9. The Balaban J connectivity index is 1.59. The third kappa shape index (κ3) is 4.53. The third-order valence-electron chi connectivity index (χ3n) is 4.17. The van der Waals surface area contributed by atoms with Crippen molar-refractivity contribution in [2.75, 3.05) is 25.0 Å². The van der Waals surface area contributed by atoms with E-state index in [1.807, 2.05) is 0 Å². The predicted octanol–water partition coefficient (Wildman–Crippen LogP) is 3.59. The minimum atomic E-state index is 0.582. The van der Waals surface area contributed by atoms with Gasteiger partial charge in [0, 0.05) is 18.0 Å². The van der Waals surface area contributed by atoms with Crippen molar-refractivity contribution in [1.82, 2.24) is 4.90 Å². The highest BCUT2D eigenvalue weighted by Gasteiger charge is 2.24. The van der Waals surface area contributed by atoms with Crippen LogP contribution in [0.3, 0.4) is 0 Å². The summed E-state index contributed by atoms with van der Waals surface area (Å²) in [6, 6.07) is 0.872. The fraction of sp³-hybridized carbons (Fsp3) is 1.00. The smallest absolute Gasteiger partial charge is 0.0576 e. The lowest BCUT2D eigenvalue weighted by Gasteiger charge is -2.24. The summed E-state index contributed by atoms with van der Waals surface area (Å²) in [5, 5.41) is 1.16. The normalized spacial score (nSPS) is 30.2. The molecule has 3 heteroatoms. The number of ether oxygens (including phenoxy) is 1. The number of alkyl halides is 1. The minimum Gasteiger partial charge on any atom is -0.378 e. The monoisotopic (exact) mass is 303 g/mol.